The van der Waals surface area contributed by atoms with Crippen molar-refractivity contribution in [2.45, 2.75) is 70.9 Å². The minimum Gasteiger partial charge on any atom is -0.444 e. The molecular formula is C31H39N5O4. The molecule has 2 aromatic rings. The first-order valence-electron chi connectivity index (χ1n) is 13.9. The van der Waals surface area contributed by atoms with Crippen molar-refractivity contribution in [1.29, 1.82) is 5.26 Å². The van der Waals surface area contributed by atoms with Gasteiger partial charge in [-0.3, -0.25) is 9.69 Å². The van der Waals surface area contributed by atoms with Gasteiger partial charge in [0.05, 0.1) is 11.6 Å². The molecule has 0 spiro atoms. The number of ether oxygens (including phenoxy) is 1. The Morgan fingerprint density at radius 3 is 2.10 bits per heavy atom. The average Bonchev–Trinajstić information content (AvgIpc) is 2.93. The number of nitrogens with zero attached hydrogens (tertiary/aromatic N) is 4. The Hall–Kier alpha value is -4.06. The van der Waals surface area contributed by atoms with E-state index in [4.69, 9.17) is 15.7 Å². The zero-order valence-corrected chi connectivity index (χ0v) is 23.9. The molecule has 4 amide bonds. The van der Waals surface area contributed by atoms with Crippen molar-refractivity contribution in [2.24, 2.45) is 5.73 Å². The maximum absolute atomic E-state index is 13.5. The number of nitrogens with two attached hydrogens (primary N) is 1. The van der Waals surface area contributed by atoms with E-state index in [1.165, 1.54) is 5.56 Å². The fraction of sp³-hybridized carbons (Fsp3) is 0.484. The molecule has 2 fully saturated rings. The van der Waals surface area contributed by atoms with Gasteiger partial charge >= 0.3 is 12.1 Å². The number of rotatable bonds is 4. The normalized spacial score (nSPS) is 16.8. The molecule has 2 aliphatic heterocycles. The lowest BCUT2D eigenvalue weighted by Gasteiger charge is -2.38. The molecule has 0 aromatic heterocycles. The molecule has 2 aromatic carbocycles. The molecule has 0 atom stereocenters. The molecule has 40 heavy (non-hydrogen) atoms. The van der Waals surface area contributed by atoms with Gasteiger partial charge in [-0.25, -0.2) is 9.59 Å². The molecular weight excluding hydrogens is 506 g/mol. The second-order valence-electron chi connectivity index (χ2n) is 11.7. The molecule has 2 heterocycles. The summed E-state index contributed by atoms with van der Waals surface area (Å²) in [6, 6.07) is 14.5. The molecule has 0 saturated carbocycles. The number of piperidine rings is 2. The molecule has 2 saturated heterocycles. The van der Waals surface area contributed by atoms with Crippen molar-refractivity contribution in [3.63, 3.8) is 0 Å². The van der Waals surface area contributed by atoms with Gasteiger partial charge in [0.1, 0.15) is 5.60 Å². The van der Waals surface area contributed by atoms with E-state index < -0.39 is 11.6 Å². The number of hydrogen-bond donors (Lipinski definition) is 1. The number of hydrogen-bond acceptors (Lipinski definition) is 5. The van der Waals surface area contributed by atoms with Gasteiger partial charge in [-0.1, -0.05) is 18.2 Å². The van der Waals surface area contributed by atoms with Crippen molar-refractivity contribution in [3.05, 3.63) is 64.7 Å². The van der Waals surface area contributed by atoms with Crippen LogP contribution in [0.15, 0.2) is 42.5 Å². The number of amides is 4. The first-order valence-corrected chi connectivity index (χ1v) is 13.9. The van der Waals surface area contributed by atoms with Crippen LogP contribution in [0.4, 0.5) is 15.3 Å². The molecule has 2 aliphatic rings. The van der Waals surface area contributed by atoms with Crippen LogP contribution in [0.1, 0.15) is 79.4 Å². The molecule has 0 radical (unpaired) electrons. The number of nitriles is 1. The lowest BCUT2D eigenvalue weighted by Crippen LogP contribution is -2.51. The van der Waals surface area contributed by atoms with Crippen molar-refractivity contribution >= 4 is 23.7 Å². The number of urea groups is 1. The van der Waals surface area contributed by atoms with Crippen LogP contribution >= 0.6 is 0 Å². The second-order valence-corrected chi connectivity index (χ2v) is 11.7. The van der Waals surface area contributed by atoms with Gasteiger partial charge in [-0.15, -0.1) is 0 Å². The van der Waals surface area contributed by atoms with E-state index in [1.807, 2.05) is 62.9 Å². The summed E-state index contributed by atoms with van der Waals surface area (Å²) in [5.74, 6) is 0.283. The summed E-state index contributed by atoms with van der Waals surface area (Å²) >= 11 is 0. The maximum atomic E-state index is 13.5. The Morgan fingerprint density at radius 2 is 1.55 bits per heavy atom. The highest BCUT2D eigenvalue weighted by molar-refractivity contribution is 5.98. The molecule has 9 heteroatoms. The van der Waals surface area contributed by atoms with Crippen LogP contribution < -0.4 is 10.6 Å². The fourth-order valence-corrected chi connectivity index (χ4v) is 5.56. The molecule has 2 N–H and O–H groups in total. The topological polar surface area (TPSA) is 120 Å². The zero-order valence-electron chi connectivity index (χ0n) is 23.9. The minimum atomic E-state index is -0.577. The summed E-state index contributed by atoms with van der Waals surface area (Å²) in [7, 11) is 0. The van der Waals surface area contributed by atoms with Crippen molar-refractivity contribution in [2.75, 3.05) is 31.1 Å². The Morgan fingerprint density at radius 1 is 0.950 bits per heavy atom. The summed E-state index contributed by atoms with van der Waals surface area (Å²) < 4.78 is 5.49. The quantitative estimate of drug-likeness (QED) is 0.568. The standard InChI is InChI=1S/C31H39N5O4/c1-21-5-8-25(28(37)34-15-11-24(12-16-34)23-9-6-22(20-32)7-10-23)19-27(21)36(29(33)38)26-13-17-35(18-14-26)30(39)40-31(2,3)4/h5-10,19,24,26H,11-18H2,1-4H3,(H2,33,38). The van der Waals surface area contributed by atoms with E-state index in [-0.39, 0.29) is 18.0 Å². The number of carbonyl (C=O) groups excluding carboxylic acids is 3. The first-order chi connectivity index (χ1) is 19.0. The van der Waals surface area contributed by atoms with Gasteiger partial charge in [-0.2, -0.15) is 5.26 Å². The van der Waals surface area contributed by atoms with Crippen molar-refractivity contribution < 1.29 is 19.1 Å². The van der Waals surface area contributed by atoms with Crippen molar-refractivity contribution in [1.82, 2.24) is 9.80 Å². The van der Waals surface area contributed by atoms with E-state index in [0.29, 0.717) is 61.8 Å². The van der Waals surface area contributed by atoms with Crippen LogP contribution in [0.25, 0.3) is 0 Å². The largest absolute Gasteiger partial charge is 0.444 e. The number of likely N-dealkylation sites (tertiary alicyclic amines) is 2. The average molecular weight is 546 g/mol. The van der Waals surface area contributed by atoms with Gasteiger partial charge in [0.25, 0.3) is 5.91 Å². The number of anilines is 1. The molecule has 4 rings (SSSR count). The molecule has 9 nitrogen and oxygen atoms in total. The number of primary amides is 1. The van der Waals surface area contributed by atoms with Crippen LogP contribution in [0.5, 0.6) is 0 Å². The third kappa shape index (κ3) is 6.74. The van der Waals surface area contributed by atoms with E-state index in [0.717, 1.165) is 18.4 Å². The monoisotopic (exact) mass is 545 g/mol. The van der Waals surface area contributed by atoms with E-state index >= 15 is 0 Å². The summed E-state index contributed by atoms with van der Waals surface area (Å²) in [5, 5.41) is 9.04. The summed E-state index contributed by atoms with van der Waals surface area (Å²) in [5.41, 5.74) is 9.14. The first kappa shape index (κ1) is 28.9. The van der Waals surface area contributed by atoms with Gasteiger partial charge in [0.15, 0.2) is 0 Å². The molecule has 0 unspecified atom stereocenters. The van der Waals surface area contributed by atoms with Gasteiger partial charge in [-0.05, 0) is 94.7 Å². The molecule has 0 aliphatic carbocycles. The smallest absolute Gasteiger partial charge is 0.410 e. The highest BCUT2D eigenvalue weighted by Crippen LogP contribution is 2.31. The Balaban J connectivity index is 1.43. The van der Waals surface area contributed by atoms with Gasteiger partial charge in [0, 0.05) is 43.5 Å². The lowest BCUT2D eigenvalue weighted by atomic mass is 9.89. The maximum Gasteiger partial charge on any atom is 0.410 e. The molecule has 212 valence electrons. The third-order valence-electron chi connectivity index (χ3n) is 7.73. The third-order valence-corrected chi connectivity index (χ3v) is 7.73. The van der Waals surface area contributed by atoms with Gasteiger partial charge in [0.2, 0.25) is 0 Å². The molecule has 0 bridgehead atoms. The Bertz CT molecular complexity index is 1280. The van der Waals surface area contributed by atoms with E-state index in [2.05, 4.69) is 6.07 Å². The number of benzene rings is 2. The predicted octanol–water partition coefficient (Wildman–Crippen LogP) is 5.17. The number of carbonyl (C=O) groups is 3. The van der Waals surface area contributed by atoms with E-state index in [1.54, 1.807) is 21.9 Å². The predicted molar refractivity (Wildman–Crippen MR) is 153 cm³/mol. The van der Waals surface area contributed by atoms with Crippen LogP contribution in [0.2, 0.25) is 0 Å². The van der Waals surface area contributed by atoms with Crippen LogP contribution in [-0.2, 0) is 4.74 Å². The highest BCUT2D eigenvalue weighted by atomic mass is 16.6. The van der Waals surface area contributed by atoms with E-state index in [9.17, 15) is 14.4 Å². The Kier molecular flexibility index (Phi) is 8.67. The summed E-state index contributed by atoms with van der Waals surface area (Å²) in [4.78, 5) is 43.8. The minimum absolute atomic E-state index is 0.0660. The van der Waals surface area contributed by atoms with Crippen LogP contribution in [0, 0.1) is 18.3 Å². The fourth-order valence-electron chi connectivity index (χ4n) is 5.56. The number of aryl methyl sites for hydroxylation is 1. The zero-order chi connectivity index (χ0) is 29.0. The van der Waals surface area contributed by atoms with Crippen molar-refractivity contribution in [3.8, 4) is 6.07 Å². The van der Waals surface area contributed by atoms with Crippen LogP contribution in [0.3, 0.4) is 0 Å². The SMILES string of the molecule is Cc1ccc(C(=O)N2CCC(c3ccc(C#N)cc3)CC2)cc1N(C(N)=O)C1CCN(C(=O)OC(C)(C)C)CC1. The Labute approximate surface area is 236 Å². The van der Waals surface area contributed by atoms with Gasteiger partial charge < -0.3 is 20.3 Å². The van der Waals surface area contributed by atoms with Crippen LogP contribution in [-0.4, -0.2) is 65.7 Å². The highest BCUT2D eigenvalue weighted by Gasteiger charge is 2.33. The summed E-state index contributed by atoms with van der Waals surface area (Å²) in [6.07, 6.45) is 2.45. The summed E-state index contributed by atoms with van der Waals surface area (Å²) in [6.45, 7) is 9.58. The second kappa shape index (κ2) is 12.0. The lowest BCUT2D eigenvalue weighted by molar-refractivity contribution is 0.0206.